The van der Waals surface area contributed by atoms with Crippen LogP contribution in [0.15, 0.2) is 24.3 Å². The lowest BCUT2D eigenvalue weighted by Crippen LogP contribution is -2.26. The van der Waals surface area contributed by atoms with Crippen LogP contribution in [0.4, 0.5) is 4.39 Å². The van der Waals surface area contributed by atoms with Crippen molar-refractivity contribution < 1.29 is 9.50 Å². The van der Waals surface area contributed by atoms with Crippen molar-refractivity contribution in [2.24, 2.45) is 0 Å². The van der Waals surface area contributed by atoms with Gasteiger partial charge in [0.1, 0.15) is 5.82 Å². The molecule has 1 atom stereocenters. The molecule has 0 saturated carbocycles. The summed E-state index contributed by atoms with van der Waals surface area (Å²) in [4.78, 5) is 0. The Morgan fingerprint density at radius 3 is 2.36 bits per heavy atom. The Balaban J connectivity index is 2.64. The summed E-state index contributed by atoms with van der Waals surface area (Å²) in [5.41, 5.74) is 0.303. The second-order valence-corrected chi connectivity index (χ2v) is 4.05. The summed E-state index contributed by atoms with van der Waals surface area (Å²) < 4.78 is 12.6. The molecule has 14 heavy (non-hydrogen) atoms. The first-order valence-corrected chi connectivity index (χ1v) is 5.00. The number of aliphatic hydroxyl groups is 1. The summed E-state index contributed by atoms with van der Waals surface area (Å²) in [5, 5.41) is 9.94. The van der Waals surface area contributed by atoms with Crippen LogP contribution in [0.2, 0.25) is 0 Å². The molecule has 0 amide bonds. The molecule has 0 saturated heterocycles. The highest BCUT2D eigenvalue weighted by molar-refractivity contribution is 5.17. The minimum atomic E-state index is -0.674. The molecule has 0 bridgehead atoms. The van der Waals surface area contributed by atoms with Crippen molar-refractivity contribution in [2.45, 2.75) is 38.7 Å². The molecular weight excluding hydrogens is 179 g/mol. The number of hydrogen-bond acceptors (Lipinski definition) is 1. The van der Waals surface area contributed by atoms with Gasteiger partial charge >= 0.3 is 0 Å². The maximum Gasteiger partial charge on any atom is 0.123 e. The van der Waals surface area contributed by atoms with Crippen LogP contribution < -0.4 is 0 Å². The first-order chi connectivity index (χ1) is 6.53. The van der Waals surface area contributed by atoms with Crippen LogP contribution >= 0.6 is 0 Å². The number of benzene rings is 1. The molecule has 0 radical (unpaired) electrons. The van der Waals surface area contributed by atoms with Crippen LogP contribution in [-0.4, -0.2) is 10.7 Å². The molecule has 78 valence electrons. The van der Waals surface area contributed by atoms with E-state index in [2.05, 4.69) is 0 Å². The number of halogens is 1. The number of rotatable bonds is 4. The van der Waals surface area contributed by atoms with Gasteiger partial charge in [0, 0.05) is 6.42 Å². The molecule has 0 aliphatic heterocycles. The normalized spacial score (nSPS) is 15.1. The summed E-state index contributed by atoms with van der Waals surface area (Å²) in [7, 11) is 0. The molecule has 2 heteroatoms. The Bertz CT molecular complexity index is 277. The van der Waals surface area contributed by atoms with Gasteiger partial charge in [-0.25, -0.2) is 4.39 Å². The highest BCUT2D eigenvalue weighted by atomic mass is 19.1. The maximum atomic E-state index is 12.6. The molecule has 0 spiro atoms. The summed E-state index contributed by atoms with van der Waals surface area (Å²) in [6.07, 6.45) is 2.31. The standard InChI is InChI=1S/C12H17FO/c1-3-8-12(2,14)9-10-4-6-11(13)7-5-10/h4-7,14H,3,8-9H2,1-2H3. The maximum absolute atomic E-state index is 12.6. The van der Waals surface area contributed by atoms with Gasteiger partial charge in [0.05, 0.1) is 5.60 Å². The van der Waals surface area contributed by atoms with Gasteiger partial charge in [0.15, 0.2) is 0 Å². The molecule has 1 aromatic rings. The Kier molecular flexibility index (Phi) is 3.64. The van der Waals surface area contributed by atoms with Crippen LogP contribution in [0.5, 0.6) is 0 Å². The lowest BCUT2D eigenvalue weighted by atomic mass is 9.92. The average Bonchev–Trinajstić information content (AvgIpc) is 2.08. The van der Waals surface area contributed by atoms with Gasteiger partial charge in [-0.05, 0) is 31.0 Å². The van der Waals surface area contributed by atoms with Crippen molar-refractivity contribution in [3.05, 3.63) is 35.6 Å². The van der Waals surface area contributed by atoms with Crippen molar-refractivity contribution in [3.63, 3.8) is 0 Å². The third kappa shape index (κ3) is 3.46. The molecule has 1 unspecified atom stereocenters. The minimum absolute atomic E-state index is 0.233. The van der Waals surface area contributed by atoms with Crippen molar-refractivity contribution in [2.75, 3.05) is 0 Å². The van der Waals surface area contributed by atoms with E-state index in [9.17, 15) is 9.50 Å². The molecule has 0 aromatic heterocycles. The van der Waals surface area contributed by atoms with E-state index in [1.54, 1.807) is 12.1 Å². The minimum Gasteiger partial charge on any atom is -0.390 e. The molecule has 0 fully saturated rings. The van der Waals surface area contributed by atoms with Gasteiger partial charge < -0.3 is 5.11 Å². The zero-order valence-electron chi connectivity index (χ0n) is 8.76. The van der Waals surface area contributed by atoms with E-state index in [4.69, 9.17) is 0 Å². The van der Waals surface area contributed by atoms with Crippen LogP contribution in [0.3, 0.4) is 0 Å². The third-order valence-corrected chi connectivity index (χ3v) is 2.29. The summed E-state index contributed by atoms with van der Waals surface area (Å²) in [6, 6.07) is 6.30. The average molecular weight is 196 g/mol. The molecule has 0 aliphatic carbocycles. The Labute approximate surface area is 84.6 Å². The van der Waals surface area contributed by atoms with E-state index >= 15 is 0 Å². The second-order valence-electron chi connectivity index (χ2n) is 4.05. The predicted octanol–water partition coefficient (Wildman–Crippen LogP) is 2.92. The van der Waals surface area contributed by atoms with Gasteiger partial charge in [-0.3, -0.25) is 0 Å². The fourth-order valence-corrected chi connectivity index (χ4v) is 1.67. The fraction of sp³-hybridized carbons (Fsp3) is 0.500. The van der Waals surface area contributed by atoms with Crippen molar-refractivity contribution in [1.29, 1.82) is 0 Å². The van der Waals surface area contributed by atoms with Gasteiger partial charge in [0.2, 0.25) is 0 Å². The molecular formula is C12H17FO. The first-order valence-electron chi connectivity index (χ1n) is 5.00. The van der Waals surface area contributed by atoms with Crippen LogP contribution in [0.1, 0.15) is 32.3 Å². The predicted molar refractivity (Wildman–Crippen MR) is 55.6 cm³/mol. The van der Waals surface area contributed by atoms with Crippen molar-refractivity contribution >= 4 is 0 Å². The van der Waals surface area contributed by atoms with Crippen LogP contribution in [-0.2, 0) is 6.42 Å². The molecule has 1 N–H and O–H groups in total. The monoisotopic (exact) mass is 196 g/mol. The Morgan fingerprint density at radius 2 is 1.86 bits per heavy atom. The van der Waals surface area contributed by atoms with E-state index in [-0.39, 0.29) is 5.82 Å². The molecule has 1 aromatic carbocycles. The molecule has 1 nitrogen and oxygen atoms in total. The Hall–Kier alpha value is -0.890. The SMILES string of the molecule is CCCC(C)(O)Cc1ccc(F)cc1. The summed E-state index contributed by atoms with van der Waals surface area (Å²) >= 11 is 0. The molecule has 0 aliphatic rings. The van der Waals surface area contributed by atoms with E-state index in [1.165, 1.54) is 12.1 Å². The highest BCUT2D eigenvalue weighted by Gasteiger charge is 2.19. The van der Waals surface area contributed by atoms with E-state index in [0.29, 0.717) is 6.42 Å². The van der Waals surface area contributed by atoms with E-state index < -0.39 is 5.60 Å². The lowest BCUT2D eigenvalue weighted by molar-refractivity contribution is 0.0505. The largest absolute Gasteiger partial charge is 0.390 e. The van der Waals surface area contributed by atoms with Crippen LogP contribution in [0.25, 0.3) is 0 Å². The summed E-state index contributed by atoms with van der Waals surface area (Å²) in [6.45, 7) is 3.86. The lowest BCUT2D eigenvalue weighted by Gasteiger charge is -2.22. The van der Waals surface area contributed by atoms with E-state index in [1.807, 2.05) is 13.8 Å². The first kappa shape index (κ1) is 11.2. The van der Waals surface area contributed by atoms with Gasteiger partial charge in [-0.2, -0.15) is 0 Å². The third-order valence-electron chi connectivity index (χ3n) is 2.29. The van der Waals surface area contributed by atoms with Gasteiger partial charge in [-0.1, -0.05) is 25.5 Å². The van der Waals surface area contributed by atoms with Crippen molar-refractivity contribution in [3.8, 4) is 0 Å². The quantitative estimate of drug-likeness (QED) is 0.785. The molecule has 1 rings (SSSR count). The van der Waals surface area contributed by atoms with Gasteiger partial charge in [-0.15, -0.1) is 0 Å². The fourth-order valence-electron chi connectivity index (χ4n) is 1.67. The zero-order valence-corrected chi connectivity index (χ0v) is 8.76. The smallest absolute Gasteiger partial charge is 0.123 e. The zero-order chi connectivity index (χ0) is 10.6. The van der Waals surface area contributed by atoms with Crippen molar-refractivity contribution in [1.82, 2.24) is 0 Å². The van der Waals surface area contributed by atoms with Gasteiger partial charge in [0.25, 0.3) is 0 Å². The topological polar surface area (TPSA) is 20.2 Å². The Morgan fingerprint density at radius 1 is 1.29 bits per heavy atom. The molecule has 0 heterocycles. The highest BCUT2D eigenvalue weighted by Crippen LogP contribution is 2.18. The van der Waals surface area contributed by atoms with Crippen LogP contribution in [0, 0.1) is 5.82 Å². The summed E-state index contributed by atoms with van der Waals surface area (Å²) in [5.74, 6) is -0.233. The number of hydrogen-bond donors (Lipinski definition) is 1. The second kappa shape index (κ2) is 4.56. The van der Waals surface area contributed by atoms with E-state index in [0.717, 1.165) is 18.4 Å².